The minimum atomic E-state index is 0.268. The van der Waals surface area contributed by atoms with Gasteiger partial charge in [0.25, 0.3) is 0 Å². The van der Waals surface area contributed by atoms with Crippen LogP contribution in [0.5, 0.6) is 0 Å². The van der Waals surface area contributed by atoms with E-state index in [0.717, 1.165) is 12.5 Å². The van der Waals surface area contributed by atoms with Crippen molar-refractivity contribution in [3.05, 3.63) is 16.1 Å². The summed E-state index contributed by atoms with van der Waals surface area (Å²) in [6.07, 6.45) is 6.52. The molecule has 2 fully saturated rings. The van der Waals surface area contributed by atoms with Crippen LogP contribution in [0.1, 0.15) is 48.7 Å². The molecule has 2 aliphatic rings. The molecule has 1 heterocycles. The summed E-state index contributed by atoms with van der Waals surface area (Å²) in [6, 6.07) is 0. The largest absolute Gasteiger partial charge is 0.330 e. The van der Waals surface area contributed by atoms with Crippen molar-refractivity contribution < 1.29 is 0 Å². The third-order valence-electron chi connectivity index (χ3n) is 3.69. The zero-order valence-electron chi connectivity index (χ0n) is 8.33. The predicted molar refractivity (Wildman–Crippen MR) is 58.7 cm³/mol. The first kappa shape index (κ1) is 8.86. The molecule has 3 rings (SSSR count). The highest BCUT2D eigenvalue weighted by Crippen LogP contribution is 2.46. The molecule has 2 N–H and O–H groups in total. The quantitative estimate of drug-likeness (QED) is 0.828. The molecule has 2 nitrogen and oxygen atoms in total. The van der Waals surface area contributed by atoms with Crippen LogP contribution in [0.25, 0.3) is 0 Å². The molecule has 2 aliphatic carbocycles. The highest BCUT2D eigenvalue weighted by atomic mass is 32.1. The molecule has 0 unspecified atom stereocenters. The van der Waals surface area contributed by atoms with Gasteiger partial charge in [-0.05, 0) is 25.7 Å². The number of thiazole rings is 1. The first-order valence-electron chi connectivity index (χ1n) is 5.50. The van der Waals surface area contributed by atoms with Crippen molar-refractivity contribution >= 4 is 11.3 Å². The van der Waals surface area contributed by atoms with Gasteiger partial charge in [0.1, 0.15) is 0 Å². The minimum Gasteiger partial charge on any atom is -0.330 e. The van der Waals surface area contributed by atoms with E-state index in [1.54, 1.807) is 0 Å². The Morgan fingerprint density at radius 3 is 2.79 bits per heavy atom. The molecule has 14 heavy (non-hydrogen) atoms. The number of hydrogen-bond donors (Lipinski definition) is 1. The van der Waals surface area contributed by atoms with Crippen molar-refractivity contribution in [3.63, 3.8) is 0 Å². The predicted octanol–water partition coefficient (Wildman–Crippen LogP) is 2.40. The van der Waals surface area contributed by atoms with Crippen LogP contribution in [0.15, 0.2) is 5.38 Å². The Morgan fingerprint density at radius 1 is 1.50 bits per heavy atom. The zero-order valence-corrected chi connectivity index (χ0v) is 9.15. The summed E-state index contributed by atoms with van der Waals surface area (Å²) in [5, 5.41) is 3.61. The van der Waals surface area contributed by atoms with Crippen molar-refractivity contribution in [1.29, 1.82) is 0 Å². The lowest BCUT2D eigenvalue weighted by Crippen LogP contribution is -2.41. The maximum Gasteiger partial charge on any atom is 0.0959 e. The van der Waals surface area contributed by atoms with Gasteiger partial charge in [0.15, 0.2) is 0 Å². The standard InChI is InChI=1S/C11H16N2S/c12-7-11(4-1-5-11)9-6-14-10(13-9)8-2-3-8/h6,8H,1-5,7,12H2. The van der Waals surface area contributed by atoms with Gasteiger partial charge < -0.3 is 5.73 Å². The molecule has 76 valence electrons. The van der Waals surface area contributed by atoms with Crippen LogP contribution in [-0.2, 0) is 5.41 Å². The second-order valence-corrected chi connectivity index (χ2v) is 5.57. The van der Waals surface area contributed by atoms with E-state index in [0.29, 0.717) is 0 Å². The molecular weight excluding hydrogens is 192 g/mol. The molecule has 0 atom stereocenters. The van der Waals surface area contributed by atoms with Crippen LogP contribution in [0, 0.1) is 0 Å². The van der Waals surface area contributed by atoms with Gasteiger partial charge in [-0.1, -0.05) is 6.42 Å². The number of nitrogens with zero attached hydrogens (tertiary/aromatic N) is 1. The van der Waals surface area contributed by atoms with Gasteiger partial charge in [-0.15, -0.1) is 11.3 Å². The van der Waals surface area contributed by atoms with Crippen molar-refractivity contribution in [2.24, 2.45) is 5.73 Å². The van der Waals surface area contributed by atoms with E-state index in [9.17, 15) is 0 Å². The van der Waals surface area contributed by atoms with E-state index in [2.05, 4.69) is 5.38 Å². The lowest BCUT2D eigenvalue weighted by molar-refractivity contribution is 0.246. The van der Waals surface area contributed by atoms with Gasteiger partial charge >= 0.3 is 0 Å². The second-order valence-electron chi connectivity index (χ2n) is 4.68. The van der Waals surface area contributed by atoms with Crippen molar-refractivity contribution in [1.82, 2.24) is 4.98 Å². The van der Waals surface area contributed by atoms with Crippen LogP contribution < -0.4 is 5.73 Å². The Labute approximate surface area is 88.5 Å². The molecule has 2 saturated carbocycles. The van der Waals surface area contributed by atoms with Gasteiger partial charge in [0.05, 0.1) is 10.7 Å². The summed E-state index contributed by atoms with van der Waals surface area (Å²) < 4.78 is 0. The Hall–Kier alpha value is -0.410. The van der Waals surface area contributed by atoms with E-state index in [1.807, 2.05) is 11.3 Å². The van der Waals surface area contributed by atoms with Crippen molar-refractivity contribution in [2.75, 3.05) is 6.54 Å². The van der Waals surface area contributed by atoms with E-state index in [1.165, 1.54) is 42.8 Å². The fourth-order valence-corrected chi connectivity index (χ4v) is 3.33. The third-order valence-corrected chi connectivity index (χ3v) is 4.70. The third kappa shape index (κ3) is 1.22. The SMILES string of the molecule is NCC1(c2csc(C3CC3)n2)CCC1. The normalized spacial score (nSPS) is 24.6. The molecule has 0 saturated heterocycles. The molecular formula is C11H16N2S. The summed E-state index contributed by atoms with van der Waals surface area (Å²) in [6.45, 7) is 0.779. The lowest BCUT2D eigenvalue weighted by atomic mass is 9.67. The number of rotatable bonds is 3. The van der Waals surface area contributed by atoms with Gasteiger partial charge in [0, 0.05) is 23.3 Å². The topological polar surface area (TPSA) is 38.9 Å². The summed E-state index contributed by atoms with van der Waals surface area (Å²) in [7, 11) is 0. The first-order chi connectivity index (χ1) is 6.84. The van der Waals surface area contributed by atoms with Gasteiger partial charge in [-0.25, -0.2) is 4.98 Å². The number of nitrogens with two attached hydrogens (primary N) is 1. The highest BCUT2D eigenvalue weighted by molar-refractivity contribution is 7.09. The molecule has 0 radical (unpaired) electrons. The molecule has 1 aromatic rings. The zero-order chi connectivity index (χ0) is 9.60. The van der Waals surface area contributed by atoms with Crippen molar-refractivity contribution in [3.8, 4) is 0 Å². The monoisotopic (exact) mass is 208 g/mol. The van der Waals surface area contributed by atoms with Crippen LogP contribution in [0.2, 0.25) is 0 Å². The molecule has 0 bridgehead atoms. The average molecular weight is 208 g/mol. The highest BCUT2D eigenvalue weighted by Gasteiger charge is 2.40. The molecule has 0 aliphatic heterocycles. The number of aromatic nitrogens is 1. The molecule has 0 amide bonds. The van der Waals surface area contributed by atoms with E-state index in [4.69, 9.17) is 10.7 Å². The van der Waals surface area contributed by atoms with Crippen LogP contribution >= 0.6 is 11.3 Å². The Morgan fingerprint density at radius 2 is 2.29 bits per heavy atom. The number of hydrogen-bond acceptors (Lipinski definition) is 3. The molecule has 1 aromatic heterocycles. The van der Waals surface area contributed by atoms with Crippen molar-refractivity contribution in [2.45, 2.75) is 43.4 Å². The van der Waals surface area contributed by atoms with E-state index >= 15 is 0 Å². The minimum absolute atomic E-state index is 0.268. The smallest absolute Gasteiger partial charge is 0.0959 e. The summed E-state index contributed by atoms with van der Waals surface area (Å²) >= 11 is 1.84. The van der Waals surface area contributed by atoms with E-state index < -0.39 is 0 Å². The fraction of sp³-hybridized carbons (Fsp3) is 0.727. The fourth-order valence-electron chi connectivity index (χ4n) is 2.22. The maximum absolute atomic E-state index is 5.87. The molecule has 0 aromatic carbocycles. The first-order valence-corrected chi connectivity index (χ1v) is 6.38. The van der Waals surface area contributed by atoms with Crippen LogP contribution in [-0.4, -0.2) is 11.5 Å². The van der Waals surface area contributed by atoms with E-state index in [-0.39, 0.29) is 5.41 Å². The lowest BCUT2D eigenvalue weighted by Gasteiger charge is -2.39. The summed E-state index contributed by atoms with van der Waals surface area (Å²) in [5.41, 5.74) is 7.42. The summed E-state index contributed by atoms with van der Waals surface area (Å²) in [4.78, 5) is 4.78. The molecule has 0 spiro atoms. The molecule has 3 heteroatoms. The van der Waals surface area contributed by atoms with Crippen LogP contribution in [0.4, 0.5) is 0 Å². The summed E-state index contributed by atoms with van der Waals surface area (Å²) in [5.74, 6) is 0.795. The second kappa shape index (κ2) is 3.04. The Bertz CT molecular complexity index is 331. The average Bonchev–Trinajstić information content (AvgIpc) is 2.86. The Kier molecular flexibility index (Phi) is 1.92. The van der Waals surface area contributed by atoms with Gasteiger partial charge in [0.2, 0.25) is 0 Å². The van der Waals surface area contributed by atoms with Gasteiger partial charge in [-0.3, -0.25) is 0 Å². The van der Waals surface area contributed by atoms with Crippen LogP contribution in [0.3, 0.4) is 0 Å². The maximum atomic E-state index is 5.87. The van der Waals surface area contributed by atoms with Gasteiger partial charge in [-0.2, -0.15) is 0 Å². The Balaban J connectivity index is 1.87.